The number of nitrogens with zero attached hydrogens (tertiary/aromatic N) is 3. The topological polar surface area (TPSA) is 164 Å². The summed E-state index contributed by atoms with van der Waals surface area (Å²) in [5.74, 6) is -0.270. The first-order chi connectivity index (χ1) is 17.6. The Morgan fingerprint density at radius 2 is 2.08 bits per heavy atom. The number of thiophene rings is 1. The van der Waals surface area contributed by atoms with Crippen molar-refractivity contribution in [1.82, 2.24) is 19.7 Å². The van der Waals surface area contributed by atoms with Gasteiger partial charge >= 0.3 is 10.3 Å². The van der Waals surface area contributed by atoms with Crippen LogP contribution in [0.5, 0.6) is 0 Å². The molecular weight excluding hydrogens is 538 g/mol. The minimum absolute atomic E-state index is 0.0888. The molecule has 0 amide bonds. The fourth-order valence-electron chi connectivity index (χ4n) is 4.91. The van der Waals surface area contributed by atoms with Gasteiger partial charge in [0.05, 0.1) is 33.9 Å². The number of aliphatic hydroxyl groups excluding tert-OH is 1. The van der Waals surface area contributed by atoms with E-state index in [0.717, 1.165) is 27.6 Å². The number of aryl methyl sites for hydroxylation is 2. The maximum Gasteiger partial charge on any atom is 0.333 e. The van der Waals surface area contributed by atoms with Crippen LogP contribution < -0.4 is 10.0 Å². The van der Waals surface area contributed by atoms with Gasteiger partial charge in [-0.2, -0.15) is 13.1 Å². The molecule has 2 aliphatic rings. The first-order valence-corrected chi connectivity index (χ1v) is 14.9. The highest BCUT2D eigenvalue weighted by Gasteiger charge is 2.35. The number of fused-ring (bicyclic) bond motifs is 1. The number of thiazole rings is 1. The number of anilines is 1. The van der Waals surface area contributed by atoms with Crippen molar-refractivity contribution in [2.75, 3.05) is 18.5 Å². The average molecular weight is 566 g/mol. The number of ketones is 1. The fraction of sp³-hybridized carbons (Fsp3) is 0.478. The highest BCUT2D eigenvalue weighted by molar-refractivity contribution is 7.83. The Kier molecular flexibility index (Phi) is 7.42. The van der Waals surface area contributed by atoms with E-state index in [9.17, 15) is 18.3 Å². The number of ether oxygens (including phenoxy) is 1. The second-order valence-electron chi connectivity index (χ2n) is 9.24. The first kappa shape index (κ1) is 26.3. The van der Waals surface area contributed by atoms with Crippen LogP contribution in [0.3, 0.4) is 0 Å². The first-order valence-electron chi connectivity index (χ1n) is 11.8. The van der Waals surface area contributed by atoms with E-state index in [1.54, 1.807) is 11.3 Å². The van der Waals surface area contributed by atoms with Gasteiger partial charge in [-0.15, -0.1) is 22.7 Å². The number of hydrogen-bond donors (Lipinski definition) is 4. The number of carbonyl (C=O) groups is 1. The van der Waals surface area contributed by atoms with Gasteiger partial charge < -0.3 is 15.2 Å². The van der Waals surface area contributed by atoms with E-state index in [1.807, 2.05) is 24.6 Å². The molecule has 0 saturated heterocycles. The lowest BCUT2D eigenvalue weighted by Crippen LogP contribution is -2.32. The Morgan fingerprint density at radius 1 is 1.27 bits per heavy atom. The highest BCUT2D eigenvalue weighted by atomic mass is 32.2. The van der Waals surface area contributed by atoms with Crippen LogP contribution in [0.25, 0.3) is 0 Å². The van der Waals surface area contributed by atoms with Gasteiger partial charge in [-0.3, -0.25) is 9.35 Å². The molecule has 198 valence electrons. The van der Waals surface area contributed by atoms with E-state index >= 15 is 0 Å². The fourth-order valence-corrected chi connectivity index (χ4v) is 7.28. The third kappa shape index (κ3) is 5.74. The van der Waals surface area contributed by atoms with Crippen molar-refractivity contribution in [2.45, 2.75) is 51.4 Å². The molecule has 0 unspecified atom stereocenters. The van der Waals surface area contributed by atoms with E-state index in [1.165, 1.54) is 28.7 Å². The molecule has 1 aliphatic carbocycles. The van der Waals surface area contributed by atoms with Crippen molar-refractivity contribution in [3.05, 3.63) is 55.1 Å². The molecule has 11 nitrogen and oxygen atoms in total. The predicted octanol–water partition coefficient (Wildman–Crippen LogP) is 2.45. The Bertz CT molecular complexity index is 1420. The van der Waals surface area contributed by atoms with Crippen molar-refractivity contribution in [1.29, 1.82) is 0 Å². The number of carbonyl (C=O) groups excluding carboxylic acids is 1. The van der Waals surface area contributed by atoms with Crippen LogP contribution in [0.1, 0.15) is 60.2 Å². The molecule has 0 spiro atoms. The smallest absolute Gasteiger partial charge is 0.333 e. The summed E-state index contributed by atoms with van der Waals surface area (Å²) >= 11 is 3.07. The number of aromatic nitrogens is 3. The lowest BCUT2D eigenvalue weighted by molar-refractivity contribution is 0.0679. The molecule has 1 saturated carbocycles. The third-order valence-electron chi connectivity index (χ3n) is 6.64. The maximum atomic E-state index is 13.6. The molecular formula is C23H27N5O6S3. The zero-order valence-electron chi connectivity index (χ0n) is 20.2. The third-order valence-corrected chi connectivity index (χ3v) is 9.28. The largest absolute Gasteiger partial charge is 0.393 e. The zero-order chi connectivity index (χ0) is 26.3. The van der Waals surface area contributed by atoms with Gasteiger partial charge in [0.2, 0.25) is 5.78 Å². The number of hydrogen-bond acceptors (Lipinski definition) is 11. The minimum atomic E-state index is -4.34. The Morgan fingerprint density at radius 3 is 2.86 bits per heavy atom. The monoisotopic (exact) mass is 565 g/mol. The van der Waals surface area contributed by atoms with Crippen LogP contribution in [-0.2, 0) is 21.5 Å². The molecule has 1 fully saturated rings. The predicted molar refractivity (Wildman–Crippen MR) is 139 cm³/mol. The molecule has 0 aromatic carbocycles. The van der Waals surface area contributed by atoms with E-state index in [-0.39, 0.29) is 24.5 Å². The molecule has 4 atom stereocenters. The van der Waals surface area contributed by atoms with Crippen molar-refractivity contribution in [3.63, 3.8) is 0 Å². The standard InChI is InChI=1S/C23H27N5O6S3/c1-11-15(22-20-18(3-4-34-22)36-12(2)27-20)7-19(35-11)21(30)16-9-24-10-25-23(16)28-14-5-13(17(29)6-14)8-26-37(31,32)33/h7,9-10,13-14,17,22,26,29H,3-6,8H2,1-2H3,(H,24,25,28)(H,31,32,33)/t13-,14-,17+,22+/m1/s1. The maximum absolute atomic E-state index is 13.6. The van der Waals surface area contributed by atoms with Crippen LogP contribution in [0.4, 0.5) is 5.82 Å². The lowest BCUT2D eigenvalue weighted by Gasteiger charge is -2.22. The molecule has 14 heteroatoms. The summed E-state index contributed by atoms with van der Waals surface area (Å²) in [6, 6.07) is 1.62. The Hall–Kier alpha value is -2.33. The SMILES string of the molecule is Cc1nc2c(s1)CCO[C@H]2c1cc(C(=O)c2cncnc2N[C@@H]2C[C@H](CNS(=O)(=O)O)[C@@H](O)C2)sc1C. The molecule has 3 aromatic heterocycles. The summed E-state index contributed by atoms with van der Waals surface area (Å²) in [5, 5.41) is 14.6. The van der Waals surface area contributed by atoms with Crippen LogP contribution in [0.15, 0.2) is 18.6 Å². The van der Waals surface area contributed by atoms with Gasteiger partial charge in [0.1, 0.15) is 18.2 Å². The van der Waals surface area contributed by atoms with Crippen molar-refractivity contribution < 1.29 is 27.6 Å². The van der Waals surface area contributed by atoms with Gasteiger partial charge in [0.25, 0.3) is 0 Å². The van der Waals surface area contributed by atoms with Crippen LogP contribution in [0.2, 0.25) is 0 Å². The summed E-state index contributed by atoms with van der Waals surface area (Å²) in [7, 11) is -4.34. The van der Waals surface area contributed by atoms with Gasteiger partial charge in [-0.05, 0) is 32.8 Å². The van der Waals surface area contributed by atoms with Crippen LogP contribution in [0, 0.1) is 19.8 Å². The summed E-state index contributed by atoms with van der Waals surface area (Å²) in [6.07, 6.45) is 3.34. The van der Waals surface area contributed by atoms with E-state index in [2.05, 4.69) is 20.3 Å². The number of aliphatic hydroxyl groups is 1. The van der Waals surface area contributed by atoms with E-state index < -0.39 is 22.3 Å². The molecule has 4 N–H and O–H groups in total. The normalized spacial score (nSPS) is 23.7. The summed E-state index contributed by atoms with van der Waals surface area (Å²) in [4.78, 5) is 29.3. The highest BCUT2D eigenvalue weighted by Crippen LogP contribution is 2.39. The second-order valence-corrected chi connectivity index (χ2v) is 13.0. The van der Waals surface area contributed by atoms with Crippen molar-refractivity contribution >= 4 is 44.6 Å². The van der Waals surface area contributed by atoms with Gasteiger partial charge in [-0.25, -0.2) is 15.0 Å². The number of rotatable bonds is 8. The molecule has 37 heavy (non-hydrogen) atoms. The molecule has 4 heterocycles. The summed E-state index contributed by atoms with van der Waals surface area (Å²) < 4.78 is 39.0. The Balaban J connectivity index is 1.34. The molecule has 5 rings (SSSR count). The summed E-state index contributed by atoms with van der Waals surface area (Å²) in [6.45, 7) is 4.46. The second kappa shape index (κ2) is 10.4. The molecule has 0 bridgehead atoms. The van der Waals surface area contributed by atoms with Crippen LogP contribution >= 0.6 is 22.7 Å². The molecule has 0 radical (unpaired) electrons. The molecule has 1 aliphatic heterocycles. The number of nitrogens with one attached hydrogen (secondary N) is 2. The van der Waals surface area contributed by atoms with E-state index in [0.29, 0.717) is 35.7 Å². The van der Waals surface area contributed by atoms with Crippen molar-refractivity contribution in [3.8, 4) is 0 Å². The van der Waals surface area contributed by atoms with E-state index in [4.69, 9.17) is 9.29 Å². The van der Waals surface area contributed by atoms with Crippen LogP contribution in [-0.4, -0.2) is 64.1 Å². The van der Waals surface area contributed by atoms with Gasteiger partial charge in [0.15, 0.2) is 0 Å². The zero-order valence-corrected chi connectivity index (χ0v) is 22.6. The minimum Gasteiger partial charge on any atom is -0.393 e. The van der Waals surface area contributed by atoms with Gasteiger partial charge in [-0.1, -0.05) is 0 Å². The average Bonchev–Trinajstić information content (AvgIpc) is 3.52. The lowest BCUT2D eigenvalue weighted by atomic mass is 10.0. The van der Waals surface area contributed by atoms with Crippen molar-refractivity contribution in [2.24, 2.45) is 5.92 Å². The molecule has 3 aromatic rings. The van der Waals surface area contributed by atoms with Gasteiger partial charge in [0, 0.05) is 46.4 Å². The summed E-state index contributed by atoms with van der Waals surface area (Å²) in [5.41, 5.74) is 2.16. The quantitative estimate of drug-likeness (QED) is 0.236. The Labute approximate surface area is 222 Å².